The summed E-state index contributed by atoms with van der Waals surface area (Å²) in [6.07, 6.45) is 0. The van der Waals surface area contributed by atoms with Crippen molar-refractivity contribution in [2.24, 2.45) is 5.73 Å². The number of anilines is 1. The largest absolute Gasteiger partial charge is 0.360 e. The molecule has 0 radical (unpaired) electrons. The van der Waals surface area contributed by atoms with Crippen LogP contribution in [0.15, 0.2) is 36.4 Å². The Hall–Kier alpha value is -1.39. The Kier molecular flexibility index (Phi) is 4.56. The van der Waals surface area contributed by atoms with Crippen molar-refractivity contribution in [1.29, 1.82) is 0 Å². The summed E-state index contributed by atoms with van der Waals surface area (Å²) in [6, 6.07) is 11.1. The summed E-state index contributed by atoms with van der Waals surface area (Å²) >= 11 is 1.72. The average Bonchev–Trinajstić information content (AvgIpc) is 2.83. The van der Waals surface area contributed by atoms with Gasteiger partial charge in [-0.3, -0.25) is 0 Å². The van der Waals surface area contributed by atoms with Crippen LogP contribution in [0.5, 0.6) is 0 Å². The summed E-state index contributed by atoms with van der Waals surface area (Å²) in [6.45, 7) is 5.29. The number of rotatable bonds is 5. The minimum Gasteiger partial charge on any atom is -0.360 e. The topological polar surface area (TPSA) is 29.3 Å². The summed E-state index contributed by atoms with van der Waals surface area (Å²) in [5.41, 5.74) is 6.54. The third-order valence-corrected chi connectivity index (χ3v) is 4.29. The fourth-order valence-corrected chi connectivity index (χ4v) is 3.28. The number of para-hydroxylation sites is 1. The summed E-state index contributed by atoms with van der Waals surface area (Å²) in [5.74, 6) is -0.198. The molecule has 0 fully saturated rings. The fourth-order valence-electron chi connectivity index (χ4n) is 2.27. The van der Waals surface area contributed by atoms with Gasteiger partial charge in [-0.25, -0.2) is 4.39 Å². The van der Waals surface area contributed by atoms with Crippen molar-refractivity contribution in [2.45, 2.75) is 19.9 Å². The second-order valence-electron chi connectivity index (χ2n) is 4.44. The molecule has 0 aliphatic carbocycles. The summed E-state index contributed by atoms with van der Waals surface area (Å²) in [4.78, 5) is 4.46. The number of hydrogen-bond donors (Lipinski definition) is 1. The maximum absolute atomic E-state index is 14.0. The third-order valence-electron chi connectivity index (χ3n) is 3.19. The van der Waals surface area contributed by atoms with Gasteiger partial charge in [0.2, 0.25) is 0 Å². The normalized spacial score (nSPS) is 12.4. The Labute approximate surface area is 117 Å². The molecule has 1 aromatic carbocycles. The molecule has 0 aliphatic rings. The van der Waals surface area contributed by atoms with Gasteiger partial charge in [0, 0.05) is 22.8 Å². The molecule has 4 heteroatoms. The molecule has 0 bridgehead atoms. The van der Waals surface area contributed by atoms with E-state index in [1.165, 1.54) is 15.8 Å². The van der Waals surface area contributed by atoms with E-state index in [2.05, 4.69) is 19.1 Å². The van der Waals surface area contributed by atoms with Crippen molar-refractivity contribution in [3.05, 3.63) is 52.0 Å². The van der Waals surface area contributed by atoms with E-state index in [9.17, 15) is 4.39 Å². The molecule has 1 heterocycles. The van der Waals surface area contributed by atoms with Gasteiger partial charge < -0.3 is 10.6 Å². The van der Waals surface area contributed by atoms with Crippen molar-refractivity contribution < 1.29 is 4.39 Å². The number of nitrogens with two attached hydrogens (primary N) is 1. The first-order valence-electron chi connectivity index (χ1n) is 6.45. The van der Waals surface area contributed by atoms with Crippen LogP contribution in [0.4, 0.5) is 10.1 Å². The van der Waals surface area contributed by atoms with Crippen molar-refractivity contribution in [3.8, 4) is 0 Å². The molecule has 1 unspecified atom stereocenters. The van der Waals surface area contributed by atoms with E-state index >= 15 is 0 Å². The molecule has 0 saturated heterocycles. The number of halogens is 1. The second kappa shape index (κ2) is 6.17. The number of thiophene rings is 1. The van der Waals surface area contributed by atoms with Crippen LogP contribution in [0, 0.1) is 12.7 Å². The van der Waals surface area contributed by atoms with E-state index in [0.717, 1.165) is 6.54 Å². The molecule has 2 aromatic rings. The highest BCUT2D eigenvalue weighted by atomic mass is 32.1. The van der Waals surface area contributed by atoms with Gasteiger partial charge in [0.25, 0.3) is 0 Å². The first kappa shape index (κ1) is 14.0. The van der Waals surface area contributed by atoms with E-state index < -0.39 is 0 Å². The molecule has 2 nitrogen and oxygen atoms in total. The molecule has 2 N–H and O–H groups in total. The van der Waals surface area contributed by atoms with Crippen LogP contribution >= 0.6 is 11.3 Å². The first-order valence-corrected chi connectivity index (χ1v) is 7.26. The van der Waals surface area contributed by atoms with Crippen LogP contribution < -0.4 is 10.6 Å². The van der Waals surface area contributed by atoms with Gasteiger partial charge in [0.1, 0.15) is 5.82 Å². The molecule has 0 amide bonds. The van der Waals surface area contributed by atoms with Gasteiger partial charge in [-0.15, -0.1) is 11.3 Å². The minimum atomic E-state index is -0.198. The van der Waals surface area contributed by atoms with E-state index in [1.807, 2.05) is 24.0 Å². The van der Waals surface area contributed by atoms with Crippen LogP contribution in [0.2, 0.25) is 0 Å². The molecule has 0 spiro atoms. The molecular formula is C15H19FN2S. The zero-order valence-electron chi connectivity index (χ0n) is 11.3. The number of benzene rings is 1. The molecule has 19 heavy (non-hydrogen) atoms. The molecular weight excluding hydrogens is 259 g/mol. The maximum atomic E-state index is 14.0. The Morgan fingerprint density at radius 2 is 2.00 bits per heavy atom. The van der Waals surface area contributed by atoms with Gasteiger partial charge in [-0.2, -0.15) is 0 Å². The number of nitrogens with zero attached hydrogens (tertiary/aromatic N) is 1. The van der Waals surface area contributed by atoms with Gasteiger partial charge in [-0.1, -0.05) is 12.1 Å². The highest BCUT2D eigenvalue weighted by molar-refractivity contribution is 7.12. The number of aryl methyl sites for hydroxylation is 1. The number of likely N-dealkylation sites (N-methyl/N-ethyl adjacent to an activating group) is 1. The van der Waals surface area contributed by atoms with E-state index in [4.69, 9.17) is 5.73 Å². The molecule has 2 rings (SSSR count). The molecule has 0 aliphatic heterocycles. The predicted molar refractivity (Wildman–Crippen MR) is 80.3 cm³/mol. The Morgan fingerprint density at radius 3 is 2.53 bits per heavy atom. The lowest BCUT2D eigenvalue weighted by Gasteiger charge is -2.31. The SMILES string of the molecule is CCN(c1ccccc1F)C(CN)c1ccc(C)s1. The summed E-state index contributed by atoms with van der Waals surface area (Å²) < 4.78 is 14.0. The fraction of sp³-hybridized carbons (Fsp3) is 0.333. The smallest absolute Gasteiger partial charge is 0.146 e. The van der Waals surface area contributed by atoms with Crippen LogP contribution in [0.25, 0.3) is 0 Å². The van der Waals surface area contributed by atoms with Crippen molar-refractivity contribution in [1.82, 2.24) is 0 Å². The first-order chi connectivity index (χ1) is 9.17. The van der Waals surface area contributed by atoms with Gasteiger partial charge >= 0.3 is 0 Å². The van der Waals surface area contributed by atoms with Crippen LogP contribution in [-0.2, 0) is 0 Å². The Bertz CT molecular complexity index is 538. The summed E-state index contributed by atoms with van der Waals surface area (Å²) in [5, 5.41) is 0. The third kappa shape index (κ3) is 2.96. The molecule has 0 saturated carbocycles. The average molecular weight is 278 g/mol. The molecule has 102 valence electrons. The standard InChI is InChI=1S/C15H19FN2S/c1-3-18(13-7-5-4-6-12(13)16)14(10-17)15-9-8-11(2)19-15/h4-9,14H,3,10,17H2,1-2H3. The maximum Gasteiger partial charge on any atom is 0.146 e. The lowest BCUT2D eigenvalue weighted by atomic mass is 10.1. The lowest BCUT2D eigenvalue weighted by molar-refractivity contribution is 0.592. The Morgan fingerprint density at radius 1 is 1.26 bits per heavy atom. The van der Waals surface area contributed by atoms with E-state index in [1.54, 1.807) is 17.4 Å². The highest BCUT2D eigenvalue weighted by Crippen LogP contribution is 2.31. The molecule has 1 aromatic heterocycles. The Balaban J connectivity index is 2.37. The minimum absolute atomic E-state index is 0.0283. The van der Waals surface area contributed by atoms with Crippen LogP contribution in [0.1, 0.15) is 22.7 Å². The zero-order chi connectivity index (χ0) is 13.8. The van der Waals surface area contributed by atoms with E-state index in [-0.39, 0.29) is 11.9 Å². The van der Waals surface area contributed by atoms with E-state index in [0.29, 0.717) is 12.2 Å². The predicted octanol–water partition coefficient (Wildman–Crippen LogP) is 3.72. The van der Waals surface area contributed by atoms with Gasteiger partial charge in [0.15, 0.2) is 0 Å². The van der Waals surface area contributed by atoms with Crippen LogP contribution in [-0.4, -0.2) is 13.1 Å². The van der Waals surface area contributed by atoms with Crippen molar-refractivity contribution in [3.63, 3.8) is 0 Å². The highest BCUT2D eigenvalue weighted by Gasteiger charge is 2.21. The van der Waals surface area contributed by atoms with Gasteiger partial charge in [-0.05, 0) is 38.1 Å². The van der Waals surface area contributed by atoms with Crippen LogP contribution in [0.3, 0.4) is 0 Å². The molecule has 1 atom stereocenters. The zero-order valence-corrected chi connectivity index (χ0v) is 12.1. The lowest BCUT2D eigenvalue weighted by Crippen LogP contribution is -2.33. The quantitative estimate of drug-likeness (QED) is 0.903. The van der Waals surface area contributed by atoms with Crippen molar-refractivity contribution in [2.75, 3.05) is 18.0 Å². The monoisotopic (exact) mass is 278 g/mol. The second-order valence-corrected chi connectivity index (χ2v) is 5.76. The summed E-state index contributed by atoms with van der Waals surface area (Å²) in [7, 11) is 0. The number of hydrogen-bond acceptors (Lipinski definition) is 3. The van der Waals surface area contributed by atoms with Gasteiger partial charge in [0.05, 0.1) is 11.7 Å². The van der Waals surface area contributed by atoms with Crippen molar-refractivity contribution >= 4 is 17.0 Å².